The van der Waals surface area contributed by atoms with Gasteiger partial charge in [0.25, 0.3) is 0 Å². The molecule has 1 aromatic rings. The van der Waals surface area contributed by atoms with Crippen LogP contribution >= 0.6 is 11.8 Å². The highest BCUT2D eigenvalue weighted by Crippen LogP contribution is 2.46. The fourth-order valence-electron chi connectivity index (χ4n) is 2.09. The van der Waals surface area contributed by atoms with Gasteiger partial charge in [-0.1, -0.05) is 5.92 Å². The lowest BCUT2D eigenvalue weighted by Gasteiger charge is -2.20. The molecule has 1 saturated heterocycles. The van der Waals surface area contributed by atoms with Crippen LogP contribution in [0.15, 0.2) is 18.2 Å². The second kappa shape index (κ2) is 6.10. The maximum atomic E-state index is 12.1. The second-order valence-corrected chi connectivity index (χ2v) is 5.73. The Kier molecular flexibility index (Phi) is 4.46. The summed E-state index contributed by atoms with van der Waals surface area (Å²) in [7, 11) is 3.22. The summed E-state index contributed by atoms with van der Waals surface area (Å²) in [5, 5.41) is -0.251. The van der Waals surface area contributed by atoms with E-state index >= 15 is 0 Å². The number of thioether (sulfide) groups is 1. The molecule has 2 rings (SSSR count). The van der Waals surface area contributed by atoms with Crippen molar-refractivity contribution >= 4 is 17.7 Å². The monoisotopic (exact) mass is 291 g/mol. The van der Waals surface area contributed by atoms with Crippen molar-refractivity contribution in [2.45, 2.75) is 24.5 Å². The Balaban J connectivity index is 2.43. The van der Waals surface area contributed by atoms with E-state index in [4.69, 9.17) is 9.47 Å². The van der Waals surface area contributed by atoms with E-state index in [1.165, 1.54) is 0 Å². The minimum Gasteiger partial charge on any atom is -0.497 e. The molecular weight excluding hydrogens is 274 g/mol. The molecule has 0 saturated carbocycles. The van der Waals surface area contributed by atoms with Crippen molar-refractivity contribution in [1.29, 1.82) is 0 Å². The van der Waals surface area contributed by atoms with Crippen LogP contribution in [0.5, 0.6) is 11.5 Å². The van der Waals surface area contributed by atoms with Crippen LogP contribution in [0.4, 0.5) is 0 Å². The molecule has 1 aliphatic rings. The molecule has 20 heavy (non-hydrogen) atoms. The Morgan fingerprint density at radius 3 is 2.65 bits per heavy atom. The lowest BCUT2D eigenvalue weighted by molar-refractivity contribution is -0.126. The van der Waals surface area contributed by atoms with E-state index in [-0.39, 0.29) is 16.5 Å². The minimum atomic E-state index is -0.147. The quantitative estimate of drug-likeness (QED) is 0.803. The number of ether oxygens (including phenoxy) is 2. The third-order valence-corrected chi connectivity index (χ3v) is 4.42. The number of amides is 1. The summed E-state index contributed by atoms with van der Waals surface area (Å²) in [5.41, 5.74) is 0.929. The third kappa shape index (κ3) is 2.56. The topological polar surface area (TPSA) is 38.8 Å². The van der Waals surface area contributed by atoms with Gasteiger partial charge in [-0.25, -0.2) is 0 Å². The number of carbonyl (C=O) groups is 1. The standard InChI is InChI=1S/C15H17NO3S/c1-5-8-16-14(17)10(2)20-15(16)12-7-6-11(18-3)9-13(12)19-4/h6-7,9-10,15H,1-4H3. The molecule has 1 amide bonds. The summed E-state index contributed by atoms with van der Waals surface area (Å²) in [6.07, 6.45) is 0. The molecule has 2 unspecified atom stereocenters. The summed E-state index contributed by atoms with van der Waals surface area (Å²) in [5.74, 6) is 4.25. The van der Waals surface area contributed by atoms with E-state index in [0.717, 1.165) is 11.3 Å². The van der Waals surface area contributed by atoms with Gasteiger partial charge in [-0.05, 0) is 26.0 Å². The molecule has 0 spiro atoms. The lowest BCUT2D eigenvalue weighted by atomic mass is 10.1. The van der Waals surface area contributed by atoms with Gasteiger partial charge < -0.3 is 9.47 Å². The van der Waals surface area contributed by atoms with Gasteiger partial charge in [0.15, 0.2) is 0 Å². The first kappa shape index (κ1) is 14.6. The highest BCUT2D eigenvalue weighted by Gasteiger charge is 2.39. The summed E-state index contributed by atoms with van der Waals surface area (Å²) in [6, 6.07) is 8.49. The zero-order valence-corrected chi connectivity index (χ0v) is 12.8. The number of hydrogen-bond donors (Lipinski definition) is 0. The van der Waals surface area contributed by atoms with Crippen LogP contribution in [0, 0.1) is 12.0 Å². The van der Waals surface area contributed by atoms with Gasteiger partial charge in [-0.15, -0.1) is 11.8 Å². The molecule has 0 radical (unpaired) electrons. The Morgan fingerprint density at radius 1 is 1.30 bits per heavy atom. The van der Waals surface area contributed by atoms with Crippen LogP contribution < -0.4 is 9.47 Å². The molecule has 2 atom stereocenters. The smallest absolute Gasteiger partial charge is 0.248 e. The van der Waals surface area contributed by atoms with Crippen LogP contribution in [0.1, 0.15) is 24.8 Å². The molecule has 106 valence electrons. The summed E-state index contributed by atoms with van der Waals surface area (Å²) in [6.45, 7) is 3.62. The third-order valence-electron chi connectivity index (χ3n) is 3.09. The number of rotatable bonds is 3. The highest BCUT2D eigenvalue weighted by molar-refractivity contribution is 8.01. The second-order valence-electron chi connectivity index (χ2n) is 4.31. The van der Waals surface area contributed by atoms with Crippen LogP contribution in [0.3, 0.4) is 0 Å². The van der Waals surface area contributed by atoms with Crippen molar-refractivity contribution in [2.75, 3.05) is 14.2 Å². The molecule has 1 heterocycles. The van der Waals surface area contributed by atoms with Gasteiger partial charge in [0.05, 0.1) is 19.5 Å². The van der Waals surface area contributed by atoms with Crippen LogP contribution in [-0.2, 0) is 4.79 Å². The first-order valence-electron chi connectivity index (χ1n) is 6.25. The maximum Gasteiger partial charge on any atom is 0.248 e. The van der Waals surface area contributed by atoms with Crippen LogP contribution in [-0.4, -0.2) is 30.3 Å². The Labute approximate surface area is 123 Å². The highest BCUT2D eigenvalue weighted by atomic mass is 32.2. The number of nitrogens with zero attached hydrogens (tertiary/aromatic N) is 1. The molecule has 0 N–H and O–H groups in total. The molecule has 4 nitrogen and oxygen atoms in total. The SMILES string of the molecule is CC#CN1C(=O)C(C)SC1c1ccc(OC)cc1OC. The molecule has 1 aromatic carbocycles. The van der Waals surface area contributed by atoms with Crippen molar-refractivity contribution in [3.05, 3.63) is 23.8 Å². The van der Waals surface area contributed by atoms with Gasteiger partial charge in [0.2, 0.25) is 5.91 Å². The van der Waals surface area contributed by atoms with E-state index in [2.05, 4.69) is 12.0 Å². The van der Waals surface area contributed by atoms with Crippen molar-refractivity contribution in [3.63, 3.8) is 0 Å². The number of carbonyl (C=O) groups excluding carboxylic acids is 1. The van der Waals surface area contributed by atoms with Crippen molar-refractivity contribution < 1.29 is 14.3 Å². The average Bonchev–Trinajstić information content (AvgIpc) is 2.75. The van der Waals surface area contributed by atoms with E-state index in [9.17, 15) is 4.79 Å². The summed E-state index contributed by atoms with van der Waals surface area (Å²) >= 11 is 1.57. The van der Waals surface area contributed by atoms with Gasteiger partial charge in [-0.2, -0.15) is 0 Å². The molecule has 0 aromatic heterocycles. The van der Waals surface area contributed by atoms with Crippen molar-refractivity contribution in [3.8, 4) is 23.5 Å². The molecule has 0 bridgehead atoms. The normalized spacial score (nSPS) is 21.4. The largest absolute Gasteiger partial charge is 0.497 e. The van der Waals surface area contributed by atoms with Crippen molar-refractivity contribution in [2.24, 2.45) is 0 Å². The molecule has 0 aliphatic carbocycles. The van der Waals surface area contributed by atoms with Crippen LogP contribution in [0.2, 0.25) is 0 Å². The fraction of sp³-hybridized carbons (Fsp3) is 0.400. The average molecular weight is 291 g/mol. The minimum absolute atomic E-state index is 0.0345. The number of hydrogen-bond acceptors (Lipinski definition) is 4. The predicted octanol–water partition coefficient (Wildman–Crippen LogP) is 2.65. The first-order valence-corrected chi connectivity index (χ1v) is 7.19. The first-order chi connectivity index (χ1) is 9.62. The van der Waals surface area contributed by atoms with Gasteiger partial charge in [-0.3, -0.25) is 9.69 Å². The summed E-state index contributed by atoms with van der Waals surface area (Å²) in [4.78, 5) is 13.7. The predicted molar refractivity (Wildman–Crippen MR) is 79.6 cm³/mol. The zero-order valence-electron chi connectivity index (χ0n) is 12.0. The molecular formula is C15H17NO3S. The maximum absolute atomic E-state index is 12.1. The van der Waals surface area contributed by atoms with Crippen molar-refractivity contribution in [1.82, 2.24) is 4.90 Å². The number of benzene rings is 1. The van der Waals surface area contributed by atoms with Gasteiger partial charge >= 0.3 is 0 Å². The molecule has 5 heteroatoms. The van der Waals surface area contributed by atoms with E-state index in [1.54, 1.807) is 37.8 Å². The summed E-state index contributed by atoms with van der Waals surface area (Å²) < 4.78 is 10.6. The Bertz CT molecular complexity index is 576. The van der Waals surface area contributed by atoms with E-state index in [1.807, 2.05) is 25.1 Å². The lowest BCUT2D eigenvalue weighted by Crippen LogP contribution is -2.25. The fourth-order valence-corrected chi connectivity index (χ4v) is 3.33. The van der Waals surface area contributed by atoms with Gasteiger partial charge in [0, 0.05) is 17.7 Å². The molecule has 1 fully saturated rings. The number of methoxy groups -OCH3 is 2. The van der Waals surface area contributed by atoms with E-state index in [0.29, 0.717) is 5.75 Å². The Hall–Kier alpha value is -1.80. The van der Waals surface area contributed by atoms with Crippen LogP contribution in [0.25, 0.3) is 0 Å². The molecule has 1 aliphatic heterocycles. The van der Waals surface area contributed by atoms with Gasteiger partial charge in [0.1, 0.15) is 16.9 Å². The zero-order chi connectivity index (χ0) is 14.7. The Morgan fingerprint density at radius 2 is 2.05 bits per heavy atom. The van der Waals surface area contributed by atoms with E-state index < -0.39 is 0 Å².